The molecule has 0 aliphatic heterocycles. The van der Waals surface area contributed by atoms with E-state index >= 15 is 0 Å². The van der Waals surface area contributed by atoms with Crippen LogP contribution in [-0.2, 0) is 0 Å². The fraction of sp³-hybridized carbons (Fsp3) is 0.250. The van der Waals surface area contributed by atoms with Crippen molar-refractivity contribution in [1.29, 1.82) is 0 Å². The lowest BCUT2D eigenvalue weighted by molar-refractivity contribution is 0.243. The molecule has 0 saturated carbocycles. The van der Waals surface area contributed by atoms with E-state index in [1.54, 1.807) is 18.3 Å². The maximum atomic E-state index is 12.0. The molecule has 1 aromatic carbocycles. The van der Waals surface area contributed by atoms with Crippen LogP contribution in [0.15, 0.2) is 54.7 Å². The summed E-state index contributed by atoms with van der Waals surface area (Å²) in [7, 11) is 0. The molecule has 0 radical (unpaired) electrons. The molecular formula is C16H19N3O2. The molecule has 0 spiro atoms. The summed E-state index contributed by atoms with van der Waals surface area (Å²) in [5.41, 5.74) is 1.02. The van der Waals surface area contributed by atoms with E-state index in [0.29, 0.717) is 18.7 Å². The number of rotatable bonds is 6. The Kier molecular flexibility index (Phi) is 5.72. The number of aromatic nitrogens is 1. The first-order valence-electron chi connectivity index (χ1n) is 6.94. The zero-order valence-electron chi connectivity index (χ0n) is 11.7. The van der Waals surface area contributed by atoms with Crippen molar-refractivity contribution in [3.8, 4) is 0 Å². The van der Waals surface area contributed by atoms with Crippen LogP contribution in [-0.4, -0.2) is 22.7 Å². The van der Waals surface area contributed by atoms with Gasteiger partial charge in [-0.2, -0.15) is 0 Å². The summed E-state index contributed by atoms with van der Waals surface area (Å²) in [4.78, 5) is 16.1. The summed E-state index contributed by atoms with van der Waals surface area (Å²) >= 11 is 0. The van der Waals surface area contributed by atoms with Gasteiger partial charge in [0.25, 0.3) is 0 Å². The van der Waals surface area contributed by atoms with Crippen molar-refractivity contribution in [3.05, 3.63) is 60.3 Å². The van der Waals surface area contributed by atoms with E-state index in [4.69, 9.17) is 5.11 Å². The predicted octanol–water partition coefficient (Wildman–Crippen LogP) is 2.72. The van der Waals surface area contributed by atoms with Crippen LogP contribution < -0.4 is 10.6 Å². The second-order valence-corrected chi connectivity index (χ2v) is 4.64. The van der Waals surface area contributed by atoms with Crippen molar-refractivity contribution >= 4 is 11.8 Å². The number of hydrogen-bond donors (Lipinski definition) is 3. The third-order valence-corrected chi connectivity index (χ3v) is 3.06. The Bertz CT molecular complexity index is 546. The summed E-state index contributed by atoms with van der Waals surface area (Å²) in [6, 6.07) is 14.6. The first-order chi connectivity index (χ1) is 10.3. The van der Waals surface area contributed by atoms with Crippen LogP contribution in [0, 0.1) is 0 Å². The van der Waals surface area contributed by atoms with Crippen LogP contribution >= 0.6 is 0 Å². The summed E-state index contributed by atoms with van der Waals surface area (Å²) in [5.74, 6) is 0.504. The first-order valence-corrected chi connectivity index (χ1v) is 6.94. The third-order valence-electron chi connectivity index (χ3n) is 3.06. The Labute approximate surface area is 124 Å². The molecule has 2 amide bonds. The number of pyridine rings is 1. The second-order valence-electron chi connectivity index (χ2n) is 4.64. The van der Waals surface area contributed by atoms with Gasteiger partial charge in [-0.25, -0.2) is 9.78 Å². The summed E-state index contributed by atoms with van der Waals surface area (Å²) in [6.07, 6.45) is 2.93. The fourth-order valence-electron chi connectivity index (χ4n) is 2.05. The lowest BCUT2D eigenvalue weighted by Crippen LogP contribution is -2.33. The quantitative estimate of drug-likeness (QED) is 0.764. The number of aliphatic hydroxyl groups is 1. The highest BCUT2D eigenvalue weighted by Crippen LogP contribution is 2.18. The number of nitrogens with zero attached hydrogens (tertiary/aromatic N) is 1. The molecule has 0 saturated heterocycles. The average molecular weight is 285 g/mol. The molecule has 110 valence electrons. The number of carbonyl (C=O) groups is 1. The summed E-state index contributed by atoms with van der Waals surface area (Å²) in [6.45, 7) is 0.104. The molecule has 3 N–H and O–H groups in total. The molecule has 0 bridgehead atoms. The minimum Gasteiger partial charge on any atom is -0.396 e. The Morgan fingerprint density at radius 2 is 1.90 bits per heavy atom. The van der Waals surface area contributed by atoms with Gasteiger partial charge in [0.15, 0.2) is 0 Å². The minimum absolute atomic E-state index is 0.104. The zero-order valence-corrected chi connectivity index (χ0v) is 11.7. The van der Waals surface area contributed by atoms with Gasteiger partial charge in [0.1, 0.15) is 5.82 Å². The molecule has 21 heavy (non-hydrogen) atoms. The Morgan fingerprint density at radius 1 is 1.14 bits per heavy atom. The molecule has 0 aliphatic rings. The van der Waals surface area contributed by atoms with Gasteiger partial charge in [-0.3, -0.25) is 5.32 Å². The van der Waals surface area contributed by atoms with Crippen LogP contribution in [0.5, 0.6) is 0 Å². The molecule has 0 aliphatic carbocycles. The topological polar surface area (TPSA) is 74.2 Å². The number of aliphatic hydroxyl groups excluding tert-OH is 1. The monoisotopic (exact) mass is 285 g/mol. The van der Waals surface area contributed by atoms with E-state index in [0.717, 1.165) is 5.56 Å². The van der Waals surface area contributed by atoms with Gasteiger partial charge >= 0.3 is 6.03 Å². The maximum absolute atomic E-state index is 12.0. The van der Waals surface area contributed by atoms with Crippen molar-refractivity contribution in [3.63, 3.8) is 0 Å². The van der Waals surface area contributed by atoms with Crippen molar-refractivity contribution in [2.75, 3.05) is 11.9 Å². The molecule has 1 heterocycles. The van der Waals surface area contributed by atoms with Crippen molar-refractivity contribution in [2.24, 2.45) is 0 Å². The van der Waals surface area contributed by atoms with Gasteiger partial charge in [-0.15, -0.1) is 0 Å². The minimum atomic E-state index is -0.305. The zero-order chi connectivity index (χ0) is 14.9. The van der Waals surface area contributed by atoms with Crippen LogP contribution in [0.2, 0.25) is 0 Å². The Morgan fingerprint density at radius 3 is 2.57 bits per heavy atom. The summed E-state index contributed by atoms with van der Waals surface area (Å²) < 4.78 is 0. The maximum Gasteiger partial charge on any atom is 0.320 e. The van der Waals surface area contributed by atoms with E-state index in [2.05, 4.69) is 15.6 Å². The predicted molar refractivity (Wildman–Crippen MR) is 81.9 cm³/mol. The Balaban J connectivity index is 1.99. The molecule has 0 unspecified atom stereocenters. The number of benzene rings is 1. The van der Waals surface area contributed by atoms with E-state index in [1.165, 1.54) is 0 Å². The van der Waals surface area contributed by atoms with Gasteiger partial charge in [0.05, 0.1) is 6.04 Å². The van der Waals surface area contributed by atoms with Gasteiger partial charge in [-0.1, -0.05) is 36.4 Å². The molecule has 1 aromatic heterocycles. The molecule has 2 rings (SSSR count). The van der Waals surface area contributed by atoms with Gasteiger partial charge in [0, 0.05) is 12.8 Å². The van der Waals surface area contributed by atoms with Crippen LogP contribution in [0.3, 0.4) is 0 Å². The largest absolute Gasteiger partial charge is 0.396 e. The smallest absolute Gasteiger partial charge is 0.320 e. The SMILES string of the molecule is O=C(Nc1ccccn1)N[C@@H](CCCO)c1ccccc1. The number of anilines is 1. The number of hydrogen-bond acceptors (Lipinski definition) is 3. The Hall–Kier alpha value is -2.40. The van der Waals surface area contributed by atoms with E-state index in [-0.39, 0.29) is 18.7 Å². The molecule has 5 heteroatoms. The highest BCUT2D eigenvalue weighted by atomic mass is 16.3. The first kappa shape index (κ1) is 15.0. The summed E-state index contributed by atoms with van der Waals surface area (Å²) in [5, 5.41) is 14.6. The lowest BCUT2D eigenvalue weighted by atomic mass is 10.0. The number of carbonyl (C=O) groups excluding carboxylic acids is 1. The standard InChI is InChI=1S/C16H19N3O2/c20-12-6-9-14(13-7-2-1-3-8-13)18-16(21)19-15-10-4-5-11-17-15/h1-5,7-8,10-11,14,20H,6,9,12H2,(H2,17,18,19,21)/t14-/m0/s1. The lowest BCUT2D eigenvalue weighted by Gasteiger charge is -2.19. The molecular weight excluding hydrogens is 266 g/mol. The average Bonchev–Trinajstić information content (AvgIpc) is 2.53. The van der Waals surface area contributed by atoms with Crippen LogP contribution in [0.1, 0.15) is 24.4 Å². The third kappa shape index (κ3) is 4.89. The van der Waals surface area contributed by atoms with Gasteiger partial charge in [0.2, 0.25) is 0 Å². The van der Waals surface area contributed by atoms with Crippen molar-refractivity contribution < 1.29 is 9.90 Å². The molecule has 1 atom stereocenters. The van der Waals surface area contributed by atoms with Gasteiger partial charge in [-0.05, 0) is 30.5 Å². The van der Waals surface area contributed by atoms with Gasteiger partial charge < -0.3 is 10.4 Å². The fourth-order valence-corrected chi connectivity index (χ4v) is 2.05. The second kappa shape index (κ2) is 8.01. The number of nitrogens with one attached hydrogen (secondary N) is 2. The molecule has 0 fully saturated rings. The van der Waals surface area contributed by atoms with Crippen LogP contribution in [0.4, 0.5) is 10.6 Å². The van der Waals surface area contributed by atoms with Crippen molar-refractivity contribution in [2.45, 2.75) is 18.9 Å². The van der Waals surface area contributed by atoms with Crippen molar-refractivity contribution in [1.82, 2.24) is 10.3 Å². The highest BCUT2D eigenvalue weighted by molar-refractivity contribution is 5.88. The highest BCUT2D eigenvalue weighted by Gasteiger charge is 2.14. The number of amides is 2. The van der Waals surface area contributed by atoms with E-state index in [9.17, 15) is 4.79 Å². The van der Waals surface area contributed by atoms with E-state index in [1.807, 2.05) is 36.4 Å². The molecule has 2 aromatic rings. The molecule has 5 nitrogen and oxygen atoms in total. The van der Waals surface area contributed by atoms with E-state index < -0.39 is 0 Å². The van der Waals surface area contributed by atoms with Crippen LogP contribution in [0.25, 0.3) is 0 Å². The normalized spacial score (nSPS) is 11.7. The number of urea groups is 1.